The largest absolute Gasteiger partial charge is 0.327 e. The van der Waals surface area contributed by atoms with Crippen LogP contribution in [0, 0.1) is 11.8 Å². The number of nitrogens with two attached hydrogens (primary N) is 1. The van der Waals surface area contributed by atoms with E-state index < -0.39 is 0 Å². The molecular weight excluding hydrogens is 146 g/mol. The molecule has 0 unspecified atom stereocenters. The van der Waals surface area contributed by atoms with E-state index in [1.54, 1.807) is 0 Å². The van der Waals surface area contributed by atoms with Gasteiger partial charge in [-0.2, -0.15) is 0 Å². The minimum Gasteiger partial charge on any atom is -0.327 e. The first-order valence-electron chi connectivity index (χ1n) is 5.00. The fourth-order valence-electron chi connectivity index (χ4n) is 0.867. The van der Waals surface area contributed by atoms with Crippen molar-refractivity contribution in [3.63, 3.8) is 0 Å². The third kappa shape index (κ3) is 5.36. The molecule has 0 aliphatic rings. The smallest absolute Gasteiger partial charge is 0.00707 e. The van der Waals surface area contributed by atoms with Gasteiger partial charge in [0.15, 0.2) is 0 Å². The van der Waals surface area contributed by atoms with Crippen LogP contribution < -0.4 is 5.73 Å². The molecule has 0 saturated heterocycles. The Balaban J connectivity index is 3.61. The summed E-state index contributed by atoms with van der Waals surface area (Å²) in [5.41, 5.74) is 5.73. The lowest BCUT2D eigenvalue weighted by molar-refractivity contribution is 0.556. The molecule has 0 radical (unpaired) electrons. The summed E-state index contributed by atoms with van der Waals surface area (Å²) in [6.45, 7) is 8.73. The van der Waals surface area contributed by atoms with E-state index in [4.69, 9.17) is 5.73 Å². The fraction of sp³-hybridized carbons (Fsp3) is 0.818. The van der Waals surface area contributed by atoms with Crippen LogP contribution in [0.2, 0.25) is 0 Å². The Morgan fingerprint density at radius 1 is 1.25 bits per heavy atom. The molecule has 3 atom stereocenters. The summed E-state index contributed by atoms with van der Waals surface area (Å²) in [5, 5.41) is 0. The van der Waals surface area contributed by atoms with Crippen molar-refractivity contribution in [3.8, 4) is 0 Å². The van der Waals surface area contributed by atoms with Crippen LogP contribution in [-0.4, -0.2) is 6.04 Å². The molecule has 0 rings (SSSR count). The Morgan fingerprint density at radius 2 is 1.83 bits per heavy atom. The second-order valence-electron chi connectivity index (χ2n) is 3.90. The molecule has 0 aromatic rings. The Hall–Kier alpha value is -0.300. The molecule has 0 aromatic heterocycles. The first-order chi connectivity index (χ1) is 5.57. The van der Waals surface area contributed by atoms with Gasteiger partial charge in [-0.25, -0.2) is 0 Å². The molecule has 1 heteroatoms. The summed E-state index contributed by atoms with van der Waals surface area (Å²) in [6.07, 6.45) is 6.95. The second kappa shape index (κ2) is 6.24. The molecule has 12 heavy (non-hydrogen) atoms. The Morgan fingerprint density at radius 3 is 2.25 bits per heavy atom. The van der Waals surface area contributed by atoms with Crippen LogP contribution in [0.3, 0.4) is 0 Å². The van der Waals surface area contributed by atoms with E-state index in [0.29, 0.717) is 5.92 Å². The standard InChI is InChI=1S/C11H23N/c1-5-9(2)7-6-8-10(3)11(4)12/h6,8-11H,5,7,12H2,1-4H3/b8-6+/t9-,10+,11-/m1/s1. The highest BCUT2D eigenvalue weighted by atomic mass is 14.6. The average Bonchev–Trinajstić information content (AvgIpc) is 2.03. The van der Waals surface area contributed by atoms with E-state index >= 15 is 0 Å². The topological polar surface area (TPSA) is 26.0 Å². The predicted octanol–water partition coefficient (Wildman–Crippen LogP) is 2.96. The molecule has 0 saturated carbocycles. The first kappa shape index (κ1) is 11.7. The average molecular weight is 169 g/mol. The Labute approximate surface area is 77.0 Å². The van der Waals surface area contributed by atoms with Crippen molar-refractivity contribution < 1.29 is 0 Å². The molecule has 72 valence electrons. The van der Waals surface area contributed by atoms with Crippen molar-refractivity contribution in [1.29, 1.82) is 0 Å². The molecule has 2 N–H and O–H groups in total. The van der Waals surface area contributed by atoms with Crippen molar-refractivity contribution in [2.45, 2.75) is 46.6 Å². The van der Waals surface area contributed by atoms with Crippen LogP contribution >= 0.6 is 0 Å². The molecule has 1 nitrogen and oxygen atoms in total. The predicted molar refractivity (Wildman–Crippen MR) is 56.0 cm³/mol. The van der Waals surface area contributed by atoms with Crippen molar-refractivity contribution in [3.05, 3.63) is 12.2 Å². The van der Waals surface area contributed by atoms with Gasteiger partial charge in [-0.05, 0) is 25.2 Å². The minimum absolute atomic E-state index is 0.276. The third-order valence-electron chi connectivity index (χ3n) is 2.50. The maximum Gasteiger partial charge on any atom is 0.00707 e. The minimum atomic E-state index is 0.276. The van der Waals surface area contributed by atoms with Crippen molar-refractivity contribution >= 4 is 0 Å². The second-order valence-corrected chi connectivity index (χ2v) is 3.90. The normalized spacial score (nSPS) is 19.4. The summed E-state index contributed by atoms with van der Waals surface area (Å²) in [4.78, 5) is 0. The van der Waals surface area contributed by atoms with Gasteiger partial charge in [-0.15, -0.1) is 0 Å². The number of hydrogen-bond acceptors (Lipinski definition) is 1. The maximum atomic E-state index is 5.73. The quantitative estimate of drug-likeness (QED) is 0.629. The lowest BCUT2D eigenvalue weighted by Gasteiger charge is -2.10. The van der Waals surface area contributed by atoms with Crippen LogP contribution in [0.25, 0.3) is 0 Å². The van der Waals surface area contributed by atoms with Crippen molar-refractivity contribution in [2.75, 3.05) is 0 Å². The summed E-state index contributed by atoms with van der Waals surface area (Å²) in [7, 11) is 0. The summed E-state index contributed by atoms with van der Waals surface area (Å²) in [5.74, 6) is 1.32. The van der Waals surface area contributed by atoms with Gasteiger partial charge in [0, 0.05) is 6.04 Å². The number of hydrogen-bond donors (Lipinski definition) is 1. The number of allylic oxidation sites excluding steroid dienone is 1. The highest BCUT2D eigenvalue weighted by molar-refractivity contribution is 4.90. The van der Waals surface area contributed by atoms with Gasteiger partial charge in [0.05, 0.1) is 0 Å². The van der Waals surface area contributed by atoms with E-state index in [1.807, 2.05) is 0 Å². The molecule has 0 aromatic carbocycles. The first-order valence-corrected chi connectivity index (χ1v) is 5.00. The summed E-state index contributed by atoms with van der Waals surface area (Å²) < 4.78 is 0. The highest BCUT2D eigenvalue weighted by Crippen LogP contribution is 2.09. The van der Waals surface area contributed by atoms with Crippen LogP contribution in [0.15, 0.2) is 12.2 Å². The van der Waals surface area contributed by atoms with Crippen LogP contribution in [-0.2, 0) is 0 Å². The van der Waals surface area contributed by atoms with Crippen LogP contribution in [0.5, 0.6) is 0 Å². The zero-order valence-corrected chi connectivity index (χ0v) is 8.88. The summed E-state index contributed by atoms with van der Waals surface area (Å²) in [6, 6.07) is 0.276. The SMILES string of the molecule is CC[C@@H](C)C/C=C/[C@H](C)[C@@H](C)N. The van der Waals surface area contributed by atoms with Crippen molar-refractivity contribution in [1.82, 2.24) is 0 Å². The molecule has 0 fully saturated rings. The zero-order valence-electron chi connectivity index (χ0n) is 8.88. The van der Waals surface area contributed by atoms with E-state index in [9.17, 15) is 0 Å². The van der Waals surface area contributed by atoms with E-state index in [0.717, 1.165) is 5.92 Å². The van der Waals surface area contributed by atoms with Gasteiger partial charge in [-0.1, -0.05) is 39.3 Å². The molecule has 0 bridgehead atoms. The lowest BCUT2D eigenvalue weighted by atomic mass is 10.0. The van der Waals surface area contributed by atoms with E-state index in [1.165, 1.54) is 12.8 Å². The maximum absolute atomic E-state index is 5.73. The van der Waals surface area contributed by atoms with Gasteiger partial charge < -0.3 is 5.73 Å². The van der Waals surface area contributed by atoms with Gasteiger partial charge in [-0.3, -0.25) is 0 Å². The van der Waals surface area contributed by atoms with Crippen LogP contribution in [0.1, 0.15) is 40.5 Å². The third-order valence-corrected chi connectivity index (χ3v) is 2.50. The molecule has 0 aliphatic carbocycles. The lowest BCUT2D eigenvalue weighted by Crippen LogP contribution is -2.22. The van der Waals surface area contributed by atoms with E-state index in [-0.39, 0.29) is 6.04 Å². The molecule has 0 heterocycles. The highest BCUT2D eigenvalue weighted by Gasteiger charge is 2.01. The van der Waals surface area contributed by atoms with Gasteiger partial charge in [0.2, 0.25) is 0 Å². The molecule has 0 spiro atoms. The monoisotopic (exact) mass is 169 g/mol. The van der Waals surface area contributed by atoms with Crippen LogP contribution in [0.4, 0.5) is 0 Å². The molecular formula is C11H23N. The van der Waals surface area contributed by atoms with E-state index in [2.05, 4.69) is 39.8 Å². The van der Waals surface area contributed by atoms with Gasteiger partial charge >= 0.3 is 0 Å². The zero-order chi connectivity index (χ0) is 9.56. The Kier molecular flexibility index (Phi) is 6.09. The fourth-order valence-corrected chi connectivity index (χ4v) is 0.867. The number of rotatable bonds is 5. The van der Waals surface area contributed by atoms with Crippen molar-refractivity contribution in [2.24, 2.45) is 17.6 Å². The molecule has 0 amide bonds. The summed E-state index contributed by atoms with van der Waals surface area (Å²) >= 11 is 0. The van der Waals surface area contributed by atoms with Gasteiger partial charge in [0.1, 0.15) is 0 Å². The Bertz CT molecular complexity index is 127. The molecule has 0 aliphatic heterocycles. The van der Waals surface area contributed by atoms with Gasteiger partial charge in [0.25, 0.3) is 0 Å².